The number of hydrogen-bond acceptors (Lipinski definition) is 4. The number of carboxylic acid groups (broad SMARTS) is 1. The second-order valence-corrected chi connectivity index (χ2v) is 5.10. The molecule has 0 heterocycles. The average Bonchev–Trinajstić information content (AvgIpc) is 2.37. The average molecular weight is 278 g/mol. The molecule has 0 aliphatic heterocycles. The summed E-state index contributed by atoms with van der Waals surface area (Å²) in [6.07, 6.45) is 3.50. The predicted molar refractivity (Wildman–Crippen MR) is 75.3 cm³/mol. The van der Waals surface area contributed by atoms with Gasteiger partial charge in [0.2, 0.25) is 0 Å². The van der Waals surface area contributed by atoms with Crippen molar-refractivity contribution < 1.29 is 14.8 Å². The normalized spacial score (nSPS) is 14.7. The summed E-state index contributed by atoms with van der Waals surface area (Å²) in [6, 6.07) is 3.93. The Hall–Kier alpha value is -2.11. The molecular formula is C14H18N2O4. The van der Waals surface area contributed by atoms with Gasteiger partial charge in [-0.15, -0.1) is 0 Å². The highest BCUT2D eigenvalue weighted by Gasteiger charge is 2.24. The number of anilines is 1. The van der Waals surface area contributed by atoms with Crippen molar-refractivity contribution >= 4 is 17.3 Å². The molecule has 1 aromatic carbocycles. The zero-order valence-electron chi connectivity index (χ0n) is 11.4. The van der Waals surface area contributed by atoms with Gasteiger partial charge >= 0.3 is 5.97 Å². The molecule has 0 amide bonds. The first-order chi connectivity index (χ1) is 9.52. The molecule has 0 saturated heterocycles. The van der Waals surface area contributed by atoms with E-state index in [0.29, 0.717) is 18.2 Å². The van der Waals surface area contributed by atoms with E-state index in [9.17, 15) is 20.0 Å². The topological polar surface area (TPSA) is 83.7 Å². The molecule has 0 unspecified atom stereocenters. The van der Waals surface area contributed by atoms with E-state index in [1.807, 2.05) is 11.8 Å². The highest BCUT2D eigenvalue weighted by atomic mass is 16.6. The van der Waals surface area contributed by atoms with E-state index in [1.54, 1.807) is 0 Å². The second-order valence-electron chi connectivity index (χ2n) is 5.10. The van der Waals surface area contributed by atoms with Gasteiger partial charge in [0.15, 0.2) is 0 Å². The number of nitro groups is 1. The van der Waals surface area contributed by atoms with Gasteiger partial charge in [-0.2, -0.15) is 0 Å². The van der Waals surface area contributed by atoms with Gasteiger partial charge in [-0.25, -0.2) is 4.79 Å². The Kier molecular flexibility index (Phi) is 4.22. The molecule has 1 N–H and O–H groups in total. The summed E-state index contributed by atoms with van der Waals surface area (Å²) in [7, 11) is 0. The fourth-order valence-corrected chi connectivity index (χ4v) is 2.46. The van der Waals surface area contributed by atoms with Gasteiger partial charge in [0, 0.05) is 25.2 Å². The molecule has 1 aliphatic carbocycles. The van der Waals surface area contributed by atoms with Crippen LogP contribution in [0.2, 0.25) is 0 Å². The first kappa shape index (κ1) is 14.3. The van der Waals surface area contributed by atoms with E-state index in [1.165, 1.54) is 24.6 Å². The number of aromatic carboxylic acids is 1. The maximum Gasteiger partial charge on any atom is 0.337 e. The molecule has 0 atom stereocenters. The van der Waals surface area contributed by atoms with Crippen LogP contribution in [0.5, 0.6) is 0 Å². The molecule has 6 heteroatoms. The lowest BCUT2D eigenvalue weighted by atomic mass is 9.85. The molecule has 0 bridgehead atoms. The Labute approximate surface area is 117 Å². The standard InChI is InChI=1S/C14H18N2O4/c1-2-15(9-10-4-3-5-10)13-8-11(16(19)20)6-7-12(13)14(17)18/h6-8,10H,2-5,9H2,1H3,(H,17,18). The summed E-state index contributed by atoms with van der Waals surface area (Å²) in [4.78, 5) is 23.6. The predicted octanol–water partition coefficient (Wildman–Crippen LogP) is 2.92. The van der Waals surface area contributed by atoms with Crippen LogP contribution < -0.4 is 4.90 Å². The van der Waals surface area contributed by atoms with Gasteiger partial charge in [0.25, 0.3) is 5.69 Å². The molecule has 2 rings (SSSR count). The van der Waals surface area contributed by atoms with Crippen molar-refractivity contribution in [2.45, 2.75) is 26.2 Å². The Bertz CT molecular complexity index is 526. The van der Waals surface area contributed by atoms with Gasteiger partial charge < -0.3 is 10.0 Å². The lowest BCUT2D eigenvalue weighted by Gasteiger charge is -2.33. The van der Waals surface area contributed by atoms with Gasteiger partial charge in [0.05, 0.1) is 16.2 Å². The van der Waals surface area contributed by atoms with E-state index in [0.717, 1.165) is 19.4 Å². The van der Waals surface area contributed by atoms with Gasteiger partial charge in [0.1, 0.15) is 0 Å². The van der Waals surface area contributed by atoms with E-state index in [-0.39, 0.29) is 11.3 Å². The molecule has 0 aromatic heterocycles. The molecule has 0 spiro atoms. The van der Waals surface area contributed by atoms with Crippen molar-refractivity contribution in [1.82, 2.24) is 0 Å². The summed E-state index contributed by atoms with van der Waals surface area (Å²) in [5.74, 6) is -0.488. The summed E-state index contributed by atoms with van der Waals surface area (Å²) in [6.45, 7) is 3.33. The Morgan fingerprint density at radius 3 is 2.65 bits per heavy atom. The van der Waals surface area contributed by atoms with Crippen LogP contribution >= 0.6 is 0 Å². The highest BCUT2D eigenvalue weighted by Crippen LogP contribution is 2.31. The Morgan fingerprint density at radius 1 is 1.50 bits per heavy atom. The van der Waals surface area contributed by atoms with Crippen molar-refractivity contribution in [3.63, 3.8) is 0 Å². The van der Waals surface area contributed by atoms with Crippen LogP contribution in [0, 0.1) is 16.0 Å². The molecule has 1 saturated carbocycles. The SMILES string of the molecule is CCN(CC1CCC1)c1cc([N+](=O)[O-])ccc1C(=O)O. The molecule has 108 valence electrons. The fourth-order valence-electron chi connectivity index (χ4n) is 2.46. The molecule has 0 radical (unpaired) electrons. The third-order valence-corrected chi connectivity index (χ3v) is 3.85. The van der Waals surface area contributed by atoms with Crippen LogP contribution in [-0.2, 0) is 0 Å². The van der Waals surface area contributed by atoms with Crippen LogP contribution in [0.1, 0.15) is 36.5 Å². The Balaban J connectivity index is 2.35. The zero-order valence-corrected chi connectivity index (χ0v) is 11.4. The third-order valence-electron chi connectivity index (χ3n) is 3.85. The van der Waals surface area contributed by atoms with Crippen LogP contribution in [0.15, 0.2) is 18.2 Å². The minimum atomic E-state index is -1.05. The van der Waals surface area contributed by atoms with Crippen LogP contribution in [0.3, 0.4) is 0 Å². The van der Waals surface area contributed by atoms with E-state index >= 15 is 0 Å². The van der Waals surface area contributed by atoms with Crippen molar-refractivity contribution in [3.8, 4) is 0 Å². The summed E-state index contributed by atoms with van der Waals surface area (Å²) >= 11 is 0. The largest absolute Gasteiger partial charge is 0.478 e. The number of nitrogens with zero attached hydrogens (tertiary/aromatic N) is 2. The minimum absolute atomic E-state index is 0.0722. The van der Waals surface area contributed by atoms with Crippen LogP contribution in [0.25, 0.3) is 0 Å². The number of carbonyl (C=O) groups is 1. The second kappa shape index (κ2) is 5.90. The highest BCUT2D eigenvalue weighted by molar-refractivity contribution is 5.95. The number of non-ortho nitro benzene ring substituents is 1. The lowest BCUT2D eigenvalue weighted by molar-refractivity contribution is -0.384. The molecule has 1 fully saturated rings. The maximum atomic E-state index is 11.3. The Morgan fingerprint density at radius 2 is 2.20 bits per heavy atom. The quantitative estimate of drug-likeness (QED) is 0.639. The van der Waals surface area contributed by atoms with Crippen LogP contribution in [-0.4, -0.2) is 29.1 Å². The van der Waals surface area contributed by atoms with Crippen molar-refractivity contribution in [1.29, 1.82) is 0 Å². The zero-order chi connectivity index (χ0) is 14.7. The van der Waals surface area contributed by atoms with E-state index < -0.39 is 10.9 Å². The number of benzene rings is 1. The first-order valence-electron chi connectivity index (χ1n) is 6.79. The molecule has 6 nitrogen and oxygen atoms in total. The number of rotatable bonds is 6. The van der Waals surface area contributed by atoms with Crippen molar-refractivity contribution in [3.05, 3.63) is 33.9 Å². The van der Waals surface area contributed by atoms with Crippen molar-refractivity contribution in [2.75, 3.05) is 18.0 Å². The minimum Gasteiger partial charge on any atom is -0.478 e. The smallest absolute Gasteiger partial charge is 0.337 e. The fraction of sp³-hybridized carbons (Fsp3) is 0.500. The summed E-state index contributed by atoms with van der Waals surface area (Å²) in [5, 5.41) is 20.1. The van der Waals surface area contributed by atoms with E-state index in [2.05, 4.69) is 0 Å². The van der Waals surface area contributed by atoms with Gasteiger partial charge in [-0.05, 0) is 31.7 Å². The van der Waals surface area contributed by atoms with Crippen LogP contribution in [0.4, 0.5) is 11.4 Å². The first-order valence-corrected chi connectivity index (χ1v) is 6.79. The summed E-state index contributed by atoms with van der Waals surface area (Å²) < 4.78 is 0. The van der Waals surface area contributed by atoms with Gasteiger partial charge in [-0.3, -0.25) is 10.1 Å². The van der Waals surface area contributed by atoms with Gasteiger partial charge in [-0.1, -0.05) is 6.42 Å². The maximum absolute atomic E-state index is 11.3. The monoisotopic (exact) mass is 278 g/mol. The lowest BCUT2D eigenvalue weighted by Crippen LogP contribution is -2.33. The molecule has 20 heavy (non-hydrogen) atoms. The van der Waals surface area contributed by atoms with Crippen molar-refractivity contribution in [2.24, 2.45) is 5.92 Å². The number of carboxylic acids is 1. The van der Waals surface area contributed by atoms with E-state index in [4.69, 9.17) is 0 Å². The number of nitro benzene ring substituents is 1. The summed E-state index contributed by atoms with van der Waals surface area (Å²) in [5.41, 5.74) is 0.495. The molecule has 1 aliphatic rings. The molecule has 1 aromatic rings. The third kappa shape index (κ3) is 2.89. The molecular weight excluding hydrogens is 260 g/mol. The number of hydrogen-bond donors (Lipinski definition) is 1.